The molecule has 2 unspecified atom stereocenters. The Balaban J connectivity index is 2.56. The molecule has 0 saturated carbocycles. The van der Waals surface area contributed by atoms with Gasteiger partial charge in [0.05, 0.1) is 11.4 Å². The Morgan fingerprint density at radius 1 is 1.36 bits per heavy atom. The minimum atomic E-state index is -2.91. The molecule has 14 heavy (non-hydrogen) atoms. The molecular weight excluding hydrogens is 202 g/mol. The van der Waals surface area contributed by atoms with E-state index in [0.717, 1.165) is 6.54 Å². The van der Waals surface area contributed by atoms with Gasteiger partial charge in [0.1, 0.15) is 0 Å². The van der Waals surface area contributed by atoms with E-state index < -0.39 is 9.84 Å². The van der Waals surface area contributed by atoms with Crippen LogP contribution >= 0.6 is 0 Å². The van der Waals surface area contributed by atoms with Crippen molar-refractivity contribution in [2.24, 2.45) is 0 Å². The molecule has 0 aromatic heterocycles. The molecule has 0 bridgehead atoms. The Morgan fingerprint density at radius 2 is 2.07 bits per heavy atom. The average Bonchev–Trinajstić information content (AvgIpc) is 2.19. The number of hydrogen-bond acceptors (Lipinski definition) is 4. The van der Waals surface area contributed by atoms with Crippen molar-refractivity contribution in [2.45, 2.75) is 31.6 Å². The lowest BCUT2D eigenvalue weighted by Crippen LogP contribution is -2.47. The quantitative estimate of drug-likeness (QED) is 0.736. The van der Waals surface area contributed by atoms with E-state index in [2.05, 4.69) is 5.32 Å². The molecule has 0 aliphatic carbocycles. The topological polar surface area (TPSA) is 55.4 Å². The van der Waals surface area contributed by atoms with Crippen molar-refractivity contribution in [3.05, 3.63) is 0 Å². The molecule has 1 fully saturated rings. The van der Waals surface area contributed by atoms with Crippen LogP contribution in [0, 0.1) is 0 Å². The second kappa shape index (κ2) is 5.09. The van der Waals surface area contributed by atoms with Crippen LogP contribution in [0.3, 0.4) is 0 Å². The highest BCUT2D eigenvalue weighted by molar-refractivity contribution is 7.92. The van der Waals surface area contributed by atoms with E-state index in [9.17, 15) is 8.42 Å². The molecule has 0 aromatic rings. The summed E-state index contributed by atoms with van der Waals surface area (Å²) >= 11 is 0. The van der Waals surface area contributed by atoms with Gasteiger partial charge in [0.25, 0.3) is 0 Å². The first-order valence-electron chi connectivity index (χ1n) is 5.14. The van der Waals surface area contributed by atoms with E-state index >= 15 is 0 Å². The molecule has 84 valence electrons. The van der Waals surface area contributed by atoms with Crippen LogP contribution in [0.25, 0.3) is 0 Å². The van der Waals surface area contributed by atoms with Crippen molar-refractivity contribution in [2.75, 3.05) is 25.4 Å². The number of nitrogens with one attached hydrogen (secondary N) is 1. The van der Waals surface area contributed by atoms with E-state index in [1.165, 1.54) is 0 Å². The van der Waals surface area contributed by atoms with Crippen LogP contribution in [-0.2, 0) is 14.6 Å². The van der Waals surface area contributed by atoms with Gasteiger partial charge in [0, 0.05) is 25.4 Å². The number of hydrogen-bond donors (Lipinski definition) is 1. The molecule has 1 aliphatic heterocycles. The number of rotatable bonds is 4. The highest BCUT2D eigenvalue weighted by atomic mass is 32.2. The van der Waals surface area contributed by atoms with Crippen molar-refractivity contribution in [1.82, 2.24) is 5.32 Å². The fourth-order valence-corrected chi connectivity index (χ4v) is 3.09. The van der Waals surface area contributed by atoms with Crippen LogP contribution in [0.2, 0.25) is 0 Å². The van der Waals surface area contributed by atoms with E-state index in [1.54, 1.807) is 6.92 Å². The second-order valence-corrected chi connectivity index (χ2v) is 6.11. The first-order valence-corrected chi connectivity index (χ1v) is 6.85. The van der Waals surface area contributed by atoms with Crippen molar-refractivity contribution >= 4 is 9.84 Å². The van der Waals surface area contributed by atoms with Gasteiger partial charge in [0.15, 0.2) is 9.84 Å². The van der Waals surface area contributed by atoms with E-state index in [-0.39, 0.29) is 17.1 Å². The molecular formula is C9H19NO3S. The fraction of sp³-hybridized carbons (Fsp3) is 1.00. The third-order valence-electron chi connectivity index (χ3n) is 2.58. The maximum absolute atomic E-state index is 11.6. The van der Waals surface area contributed by atoms with Gasteiger partial charge in [0.2, 0.25) is 0 Å². The normalized spacial score (nSPS) is 29.0. The molecule has 1 heterocycles. The van der Waals surface area contributed by atoms with Gasteiger partial charge in [-0.15, -0.1) is 0 Å². The predicted molar refractivity (Wildman–Crippen MR) is 56.1 cm³/mol. The molecule has 1 rings (SSSR count). The second-order valence-electron chi connectivity index (χ2n) is 3.54. The first kappa shape index (κ1) is 11.9. The monoisotopic (exact) mass is 221 g/mol. The largest absolute Gasteiger partial charge is 0.377 e. The third-order valence-corrected chi connectivity index (χ3v) is 4.76. The molecule has 0 spiro atoms. The fourth-order valence-electron chi connectivity index (χ4n) is 1.74. The summed E-state index contributed by atoms with van der Waals surface area (Å²) in [5, 5.41) is 2.84. The van der Waals surface area contributed by atoms with Crippen LogP contribution in [0.15, 0.2) is 0 Å². The van der Waals surface area contributed by atoms with Gasteiger partial charge >= 0.3 is 0 Å². The molecule has 5 heteroatoms. The van der Waals surface area contributed by atoms with Crippen LogP contribution in [-0.4, -0.2) is 45.2 Å². The maximum Gasteiger partial charge on any atom is 0.154 e. The highest BCUT2D eigenvalue weighted by Crippen LogP contribution is 2.15. The van der Waals surface area contributed by atoms with E-state index in [1.807, 2.05) is 6.92 Å². The molecule has 4 nitrogen and oxygen atoms in total. The number of sulfone groups is 1. The van der Waals surface area contributed by atoms with Gasteiger partial charge in [-0.25, -0.2) is 8.42 Å². The Morgan fingerprint density at radius 3 is 2.64 bits per heavy atom. The Kier molecular flexibility index (Phi) is 4.34. The number of ether oxygens (including phenoxy) is 1. The molecule has 2 atom stereocenters. The molecule has 1 N–H and O–H groups in total. The summed E-state index contributed by atoms with van der Waals surface area (Å²) in [5.41, 5.74) is 0. The lowest BCUT2D eigenvalue weighted by Gasteiger charge is -2.29. The van der Waals surface area contributed by atoms with Crippen LogP contribution in [0.1, 0.15) is 20.3 Å². The molecule has 0 aromatic carbocycles. The summed E-state index contributed by atoms with van der Waals surface area (Å²) in [5.74, 6) is 0.220. The SMILES string of the molecule is CCOC1CNCC(S(=O)(=O)CC)C1. The minimum absolute atomic E-state index is 0.0556. The van der Waals surface area contributed by atoms with Crippen molar-refractivity contribution < 1.29 is 13.2 Å². The Hall–Kier alpha value is -0.130. The zero-order valence-electron chi connectivity index (χ0n) is 8.82. The van der Waals surface area contributed by atoms with Gasteiger partial charge in [-0.05, 0) is 13.3 Å². The zero-order chi connectivity index (χ0) is 10.6. The average molecular weight is 221 g/mol. The Bertz CT molecular complexity index is 261. The van der Waals surface area contributed by atoms with Crippen LogP contribution < -0.4 is 5.32 Å². The van der Waals surface area contributed by atoms with Crippen molar-refractivity contribution in [3.63, 3.8) is 0 Å². The van der Waals surface area contributed by atoms with Crippen LogP contribution in [0.4, 0.5) is 0 Å². The minimum Gasteiger partial charge on any atom is -0.377 e. The summed E-state index contributed by atoms with van der Waals surface area (Å²) in [4.78, 5) is 0. The summed E-state index contributed by atoms with van der Waals surface area (Å²) in [6.45, 7) is 5.60. The van der Waals surface area contributed by atoms with Gasteiger partial charge in [-0.2, -0.15) is 0 Å². The van der Waals surface area contributed by atoms with Gasteiger partial charge < -0.3 is 10.1 Å². The van der Waals surface area contributed by atoms with Crippen molar-refractivity contribution in [3.8, 4) is 0 Å². The molecule has 0 amide bonds. The molecule has 1 aliphatic rings. The summed E-state index contributed by atoms with van der Waals surface area (Å²) in [6.07, 6.45) is 0.692. The van der Waals surface area contributed by atoms with E-state index in [4.69, 9.17) is 4.74 Å². The van der Waals surface area contributed by atoms with E-state index in [0.29, 0.717) is 19.6 Å². The lowest BCUT2D eigenvalue weighted by atomic mass is 10.1. The van der Waals surface area contributed by atoms with Crippen molar-refractivity contribution in [1.29, 1.82) is 0 Å². The summed E-state index contributed by atoms with van der Waals surface area (Å²) in [6, 6.07) is 0. The summed E-state index contributed by atoms with van der Waals surface area (Å²) in [7, 11) is -2.91. The smallest absolute Gasteiger partial charge is 0.154 e. The number of piperidine rings is 1. The lowest BCUT2D eigenvalue weighted by molar-refractivity contribution is 0.0466. The van der Waals surface area contributed by atoms with Crippen LogP contribution in [0.5, 0.6) is 0 Å². The molecule has 1 saturated heterocycles. The Labute approximate surface area is 85.9 Å². The predicted octanol–water partition coefficient (Wildman–Crippen LogP) is 0.188. The third kappa shape index (κ3) is 2.93. The highest BCUT2D eigenvalue weighted by Gasteiger charge is 2.30. The maximum atomic E-state index is 11.6. The molecule has 0 radical (unpaired) electrons. The van der Waals surface area contributed by atoms with Gasteiger partial charge in [-0.3, -0.25) is 0 Å². The first-order chi connectivity index (χ1) is 6.60. The standard InChI is InChI=1S/C9H19NO3S/c1-3-13-8-5-9(7-10-6-8)14(11,12)4-2/h8-10H,3-7H2,1-2H3. The van der Waals surface area contributed by atoms with Gasteiger partial charge in [-0.1, -0.05) is 6.92 Å². The zero-order valence-corrected chi connectivity index (χ0v) is 9.64. The summed E-state index contributed by atoms with van der Waals surface area (Å²) < 4.78 is 28.6.